The lowest BCUT2D eigenvalue weighted by atomic mass is 10.2. The van der Waals surface area contributed by atoms with Crippen LogP contribution in [0.25, 0.3) is 0 Å². The fourth-order valence-corrected chi connectivity index (χ4v) is 0.971. The maximum absolute atomic E-state index is 12.7. The molecule has 1 unspecified atom stereocenters. The lowest BCUT2D eigenvalue weighted by Gasteiger charge is -2.07. The number of hydrogen-bond donors (Lipinski definition) is 2. The number of aliphatic carboxylic acids is 1. The van der Waals surface area contributed by atoms with E-state index in [4.69, 9.17) is 5.11 Å². The molecule has 0 saturated carbocycles. The van der Waals surface area contributed by atoms with Crippen molar-refractivity contribution >= 4 is 11.9 Å². The molecule has 0 spiro atoms. The van der Waals surface area contributed by atoms with Gasteiger partial charge in [0.2, 0.25) is 0 Å². The van der Waals surface area contributed by atoms with E-state index in [9.17, 15) is 14.0 Å². The molecule has 5 nitrogen and oxygen atoms in total. The van der Waals surface area contributed by atoms with Gasteiger partial charge in [-0.15, -0.1) is 0 Å². The second-order valence-electron chi connectivity index (χ2n) is 3.34. The summed E-state index contributed by atoms with van der Waals surface area (Å²) in [6.45, 7) is 1.46. The van der Waals surface area contributed by atoms with Crippen molar-refractivity contribution in [3.05, 3.63) is 29.8 Å². The van der Waals surface area contributed by atoms with E-state index < -0.39 is 23.6 Å². The minimum Gasteiger partial charge on any atom is -0.481 e. The van der Waals surface area contributed by atoms with Crippen LogP contribution in [-0.2, 0) is 4.79 Å². The van der Waals surface area contributed by atoms with Gasteiger partial charge >= 0.3 is 5.97 Å². The molecule has 0 aliphatic heterocycles. The van der Waals surface area contributed by atoms with Gasteiger partial charge in [0, 0.05) is 12.7 Å². The summed E-state index contributed by atoms with van der Waals surface area (Å²) in [4.78, 5) is 25.4. The van der Waals surface area contributed by atoms with Crippen LogP contribution in [0.2, 0.25) is 0 Å². The second-order valence-corrected chi connectivity index (χ2v) is 3.34. The third-order valence-electron chi connectivity index (χ3n) is 1.96. The van der Waals surface area contributed by atoms with E-state index in [0.29, 0.717) is 0 Å². The number of hydrogen-bond acceptors (Lipinski definition) is 3. The number of carboxylic acid groups (broad SMARTS) is 1. The van der Waals surface area contributed by atoms with Crippen molar-refractivity contribution in [1.82, 2.24) is 10.3 Å². The number of carboxylic acids is 1. The molecule has 1 aromatic heterocycles. The molecule has 2 N–H and O–H groups in total. The zero-order valence-electron chi connectivity index (χ0n) is 8.61. The number of pyridine rings is 1. The number of halogens is 1. The number of carbonyl (C=O) groups excluding carboxylic acids is 1. The van der Waals surface area contributed by atoms with Gasteiger partial charge < -0.3 is 10.4 Å². The Bertz CT molecular complexity index is 409. The van der Waals surface area contributed by atoms with Crippen LogP contribution in [0.3, 0.4) is 0 Å². The van der Waals surface area contributed by atoms with Crippen LogP contribution < -0.4 is 5.32 Å². The molecule has 1 aromatic rings. The fourth-order valence-electron chi connectivity index (χ4n) is 0.971. The molecule has 0 bridgehead atoms. The molecule has 0 aromatic carbocycles. The monoisotopic (exact) mass is 226 g/mol. The van der Waals surface area contributed by atoms with Crippen LogP contribution >= 0.6 is 0 Å². The van der Waals surface area contributed by atoms with Crippen LogP contribution in [0.1, 0.15) is 17.3 Å². The van der Waals surface area contributed by atoms with Gasteiger partial charge in [0.05, 0.1) is 17.7 Å². The summed E-state index contributed by atoms with van der Waals surface area (Å²) in [7, 11) is 0. The quantitative estimate of drug-likeness (QED) is 0.790. The molecule has 0 fully saturated rings. The van der Waals surface area contributed by atoms with Gasteiger partial charge in [0.15, 0.2) is 0 Å². The molecule has 0 saturated heterocycles. The molecule has 0 aliphatic carbocycles. The molecule has 1 rings (SSSR count). The van der Waals surface area contributed by atoms with Crippen LogP contribution in [0.15, 0.2) is 18.5 Å². The van der Waals surface area contributed by atoms with Crippen LogP contribution in [0.5, 0.6) is 0 Å². The zero-order chi connectivity index (χ0) is 12.1. The maximum Gasteiger partial charge on any atom is 0.308 e. The summed E-state index contributed by atoms with van der Waals surface area (Å²) < 4.78 is 12.7. The fraction of sp³-hybridized carbons (Fsp3) is 0.300. The maximum atomic E-state index is 12.7. The van der Waals surface area contributed by atoms with Crippen molar-refractivity contribution < 1.29 is 19.1 Å². The van der Waals surface area contributed by atoms with Gasteiger partial charge in [0.25, 0.3) is 5.91 Å². The first-order valence-electron chi connectivity index (χ1n) is 4.62. The Morgan fingerprint density at radius 1 is 1.56 bits per heavy atom. The molecular weight excluding hydrogens is 215 g/mol. The average Bonchev–Trinajstić information content (AvgIpc) is 2.25. The van der Waals surface area contributed by atoms with Crippen molar-refractivity contribution in [3.63, 3.8) is 0 Å². The Labute approximate surface area is 91.3 Å². The van der Waals surface area contributed by atoms with Crippen LogP contribution in [-0.4, -0.2) is 28.5 Å². The Balaban J connectivity index is 2.56. The summed E-state index contributed by atoms with van der Waals surface area (Å²) in [5, 5.41) is 11.0. The highest BCUT2D eigenvalue weighted by Crippen LogP contribution is 2.01. The summed E-state index contributed by atoms with van der Waals surface area (Å²) >= 11 is 0. The first-order chi connectivity index (χ1) is 7.50. The predicted molar refractivity (Wildman–Crippen MR) is 53.3 cm³/mol. The predicted octanol–water partition coefficient (Wildman–Crippen LogP) is 0.671. The highest BCUT2D eigenvalue weighted by molar-refractivity contribution is 5.94. The lowest BCUT2D eigenvalue weighted by molar-refractivity contribution is -0.140. The summed E-state index contributed by atoms with van der Waals surface area (Å²) in [5.41, 5.74) is 0.0672. The van der Waals surface area contributed by atoms with Crippen LogP contribution in [0.4, 0.5) is 4.39 Å². The molecule has 6 heteroatoms. The molecule has 0 radical (unpaired) electrons. The molecule has 1 heterocycles. The Morgan fingerprint density at radius 3 is 2.81 bits per heavy atom. The lowest BCUT2D eigenvalue weighted by Crippen LogP contribution is -2.31. The highest BCUT2D eigenvalue weighted by Gasteiger charge is 2.13. The minimum atomic E-state index is -1.00. The largest absolute Gasteiger partial charge is 0.481 e. The molecule has 16 heavy (non-hydrogen) atoms. The normalized spacial score (nSPS) is 11.9. The second kappa shape index (κ2) is 5.20. The van der Waals surface area contributed by atoms with Crippen molar-refractivity contribution in [2.24, 2.45) is 5.92 Å². The standard InChI is InChI=1S/C10H11FN2O3/c1-6(10(15)16)3-13-9(14)7-2-8(11)5-12-4-7/h2,4-6H,3H2,1H3,(H,13,14)(H,15,16). The number of nitrogens with one attached hydrogen (secondary N) is 1. The average molecular weight is 226 g/mol. The van der Waals surface area contributed by atoms with Gasteiger partial charge in [-0.05, 0) is 6.07 Å². The number of aromatic nitrogens is 1. The van der Waals surface area contributed by atoms with E-state index in [0.717, 1.165) is 12.3 Å². The first kappa shape index (κ1) is 12.1. The summed E-state index contributed by atoms with van der Waals surface area (Å²) in [6, 6.07) is 1.04. The van der Waals surface area contributed by atoms with Crippen molar-refractivity contribution in [2.45, 2.75) is 6.92 Å². The van der Waals surface area contributed by atoms with Gasteiger partial charge in [-0.3, -0.25) is 14.6 Å². The number of rotatable bonds is 4. The zero-order valence-corrected chi connectivity index (χ0v) is 8.61. The number of nitrogens with zero attached hydrogens (tertiary/aromatic N) is 1. The Hall–Kier alpha value is -1.98. The molecule has 0 aliphatic rings. The van der Waals surface area contributed by atoms with E-state index in [-0.39, 0.29) is 12.1 Å². The van der Waals surface area contributed by atoms with Crippen LogP contribution in [0, 0.1) is 11.7 Å². The highest BCUT2D eigenvalue weighted by atomic mass is 19.1. The molecule has 86 valence electrons. The van der Waals surface area contributed by atoms with Gasteiger partial charge in [0.1, 0.15) is 5.82 Å². The number of carbonyl (C=O) groups is 2. The van der Waals surface area contributed by atoms with Crippen molar-refractivity contribution in [1.29, 1.82) is 0 Å². The van der Waals surface area contributed by atoms with E-state index in [1.807, 2.05) is 0 Å². The molecular formula is C10H11FN2O3. The topological polar surface area (TPSA) is 79.3 Å². The van der Waals surface area contributed by atoms with Crippen molar-refractivity contribution in [2.75, 3.05) is 6.54 Å². The van der Waals surface area contributed by atoms with Gasteiger partial charge in [-0.25, -0.2) is 4.39 Å². The third-order valence-corrected chi connectivity index (χ3v) is 1.96. The molecule has 1 amide bonds. The van der Waals surface area contributed by atoms with Crippen molar-refractivity contribution in [3.8, 4) is 0 Å². The summed E-state index contributed by atoms with van der Waals surface area (Å²) in [6.07, 6.45) is 2.19. The Kier molecular flexibility index (Phi) is 3.93. The minimum absolute atomic E-state index is 0.00925. The smallest absolute Gasteiger partial charge is 0.308 e. The SMILES string of the molecule is CC(CNC(=O)c1cncc(F)c1)C(=O)O. The van der Waals surface area contributed by atoms with Gasteiger partial charge in [-0.1, -0.05) is 6.92 Å². The van der Waals surface area contributed by atoms with Gasteiger partial charge in [-0.2, -0.15) is 0 Å². The Morgan fingerprint density at radius 2 is 2.25 bits per heavy atom. The molecule has 1 atom stereocenters. The van der Waals surface area contributed by atoms with E-state index in [1.165, 1.54) is 13.1 Å². The van der Waals surface area contributed by atoms with E-state index in [2.05, 4.69) is 10.3 Å². The van der Waals surface area contributed by atoms with E-state index >= 15 is 0 Å². The number of amides is 1. The first-order valence-corrected chi connectivity index (χ1v) is 4.62. The third kappa shape index (κ3) is 3.30. The van der Waals surface area contributed by atoms with E-state index in [1.54, 1.807) is 0 Å². The summed E-state index contributed by atoms with van der Waals surface area (Å²) in [5.74, 6) is -2.85.